The minimum atomic E-state index is -0.202. The van der Waals surface area contributed by atoms with Crippen LogP contribution in [0.1, 0.15) is 19.8 Å². The van der Waals surface area contributed by atoms with Crippen LogP contribution < -0.4 is 0 Å². The molecule has 0 saturated carbocycles. The van der Waals surface area contributed by atoms with E-state index < -0.39 is 0 Å². The Kier molecular flexibility index (Phi) is 6.36. The third-order valence-corrected chi connectivity index (χ3v) is 3.54. The summed E-state index contributed by atoms with van der Waals surface area (Å²) in [6.45, 7) is 6.29. The van der Waals surface area contributed by atoms with Gasteiger partial charge in [-0.3, -0.25) is 0 Å². The number of esters is 1. The Bertz CT molecular complexity index is 302. The molecule has 104 valence electrons. The molecule has 0 bridgehead atoms. The van der Waals surface area contributed by atoms with Gasteiger partial charge in [-0.05, 0) is 39.4 Å². The van der Waals surface area contributed by atoms with Crippen LogP contribution in [0, 0.1) is 5.92 Å². The van der Waals surface area contributed by atoms with Gasteiger partial charge in [0.05, 0.1) is 7.11 Å². The van der Waals surface area contributed by atoms with Crippen LogP contribution in [0.15, 0.2) is 11.6 Å². The summed E-state index contributed by atoms with van der Waals surface area (Å²) in [5, 5.41) is 0. The molecular weight excluding hydrogens is 228 g/mol. The second-order valence-electron chi connectivity index (χ2n) is 5.21. The van der Waals surface area contributed by atoms with Crippen LogP contribution in [-0.4, -0.2) is 63.2 Å². The number of rotatable bonds is 6. The van der Waals surface area contributed by atoms with E-state index in [0.717, 1.165) is 31.0 Å². The summed E-state index contributed by atoms with van der Waals surface area (Å²) in [5.74, 6) is 0.558. The molecule has 1 fully saturated rings. The van der Waals surface area contributed by atoms with E-state index in [1.54, 1.807) is 0 Å². The molecule has 4 heteroatoms. The first-order valence-corrected chi connectivity index (χ1v) is 6.71. The maximum atomic E-state index is 11.4. The summed E-state index contributed by atoms with van der Waals surface area (Å²) < 4.78 is 4.75. The van der Waals surface area contributed by atoms with Crippen LogP contribution >= 0.6 is 0 Å². The molecule has 1 rings (SSSR count). The highest BCUT2D eigenvalue weighted by atomic mass is 16.5. The van der Waals surface area contributed by atoms with Crippen LogP contribution in [0.2, 0.25) is 0 Å². The fraction of sp³-hybridized carbons (Fsp3) is 0.786. The molecule has 4 nitrogen and oxygen atoms in total. The lowest BCUT2D eigenvalue weighted by Crippen LogP contribution is -2.28. The molecule has 0 N–H and O–H groups in total. The molecule has 0 aliphatic carbocycles. The van der Waals surface area contributed by atoms with E-state index in [2.05, 4.69) is 23.9 Å². The van der Waals surface area contributed by atoms with Crippen molar-refractivity contribution >= 4 is 5.97 Å². The third-order valence-electron chi connectivity index (χ3n) is 3.54. The van der Waals surface area contributed by atoms with E-state index in [9.17, 15) is 4.79 Å². The zero-order valence-electron chi connectivity index (χ0n) is 12.1. The van der Waals surface area contributed by atoms with Crippen molar-refractivity contribution in [3.63, 3.8) is 0 Å². The van der Waals surface area contributed by atoms with Crippen molar-refractivity contribution in [1.29, 1.82) is 0 Å². The van der Waals surface area contributed by atoms with Crippen molar-refractivity contribution in [3.8, 4) is 0 Å². The maximum Gasteiger partial charge on any atom is 0.333 e. The largest absolute Gasteiger partial charge is 0.466 e. The van der Waals surface area contributed by atoms with Gasteiger partial charge in [0, 0.05) is 25.2 Å². The number of hydrogen-bond acceptors (Lipinski definition) is 4. The first kappa shape index (κ1) is 15.2. The van der Waals surface area contributed by atoms with E-state index in [4.69, 9.17) is 4.74 Å². The van der Waals surface area contributed by atoms with E-state index in [1.165, 1.54) is 26.6 Å². The summed E-state index contributed by atoms with van der Waals surface area (Å²) in [7, 11) is 5.72. The zero-order valence-corrected chi connectivity index (χ0v) is 12.1. The summed E-state index contributed by atoms with van der Waals surface area (Å²) in [6, 6.07) is 0. The Hall–Kier alpha value is -0.870. The second-order valence-corrected chi connectivity index (χ2v) is 5.21. The zero-order chi connectivity index (χ0) is 13.5. The number of ether oxygens (including phenoxy) is 1. The third kappa shape index (κ3) is 4.78. The van der Waals surface area contributed by atoms with Crippen LogP contribution in [0.5, 0.6) is 0 Å². The van der Waals surface area contributed by atoms with Gasteiger partial charge in [-0.15, -0.1) is 0 Å². The van der Waals surface area contributed by atoms with Gasteiger partial charge in [-0.2, -0.15) is 0 Å². The van der Waals surface area contributed by atoms with Crippen molar-refractivity contribution < 1.29 is 9.53 Å². The van der Waals surface area contributed by atoms with E-state index in [1.807, 2.05) is 13.0 Å². The SMILES string of the molecule is CCC(=CCN(C)CC1CCN(C)C1)C(=O)OC. The number of likely N-dealkylation sites (tertiary alicyclic amines) is 1. The molecule has 1 unspecified atom stereocenters. The minimum absolute atomic E-state index is 0.202. The highest BCUT2D eigenvalue weighted by Gasteiger charge is 2.20. The fourth-order valence-corrected chi connectivity index (χ4v) is 2.46. The molecule has 0 radical (unpaired) electrons. The number of carbonyl (C=O) groups is 1. The van der Waals surface area contributed by atoms with Gasteiger partial charge < -0.3 is 14.5 Å². The molecule has 0 aromatic rings. The summed E-state index contributed by atoms with van der Waals surface area (Å²) in [5.41, 5.74) is 0.771. The highest BCUT2D eigenvalue weighted by Crippen LogP contribution is 2.15. The Morgan fingerprint density at radius 3 is 2.78 bits per heavy atom. The predicted octanol–water partition coefficient (Wildman–Crippen LogP) is 1.38. The second kappa shape index (κ2) is 7.54. The van der Waals surface area contributed by atoms with Gasteiger partial charge in [0.15, 0.2) is 0 Å². The lowest BCUT2D eigenvalue weighted by molar-refractivity contribution is -0.136. The van der Waals surface area contributed by atoms with Crippen molar-refractivity contribution in [2.45, 2.75) is 19.8 Å². The quantitative estimate of drug-likeness (QED) is 0.529. The molecule has 1 atom stereocenters. The lowest BCUT2D eigenvalue weighted by atomic mass is 10.1. The minimum Gasteiger partial charge on any atom is -0.466 e. The molecule has 0 aromatic heterocycles. The lowest BCUT2D eigenvalue weighted by Gasteiger charge is -2.19. The fourth-order valence-electron chi connectivity index (χ4n) is 2.46. The summed E-state index contributed by atoms with van der Waals surface area (Å²) in [4.78, 5) is 16.1. The number of methoxy groups -OCH3 is 1. The van der Waals surface area contributed by atoms with Crippen LogP contribution in [0.3, 0.4) is 0 Å². The number of hydrogen-bond donors (Lipinski definition) is 0. The maximum absolute atomic E-state index is 11.4. The van der Waals surface area contributed by atoms with Gasteiger partial charge in [-0.25, -0.2) is 4.79 Å². The predicted molar refractivity (Wildman–Crippen MR) is 73.5 cm³/mol. The van der Waals surface area contributed by atoms with Gasteiger partial charge in [-0.1, -0.05) is 13.0 Å². The molecule has 0 aromatic carbocycles. The van der Waals surface area contributed by atoms with Crippen LogP contribution in [0.4, 0.5) is 0 Å². The van der Waals surface area contributed by atoms with Crippen LogP contribution in [-0.2, 0) is 9.53 Å². The Balaban J connectivity index is 2.37. The van der Waals surface area contributed by atoms with Crippen molar-refractivity contribution in [3.05, 3.63) is 11.6 Å². The topological polar surface area (TPSA) is 32.8 Å². The summed E-state index contributed by atoms with van der Waals surface area (Å²) in [6.07, 6.45) is 4.00. The number of likely N-dealkylation sites (N-methyl/N-ethyl adjacent to an activating group) is 1. The number of carbonyl (C=O) groups excluding carboxylic acids is 1. The molecule has 0 spiro atoms. The van der Waals surface area contributed by atoms with E-state index in [-0.39, 0.29) is 5.97 Å². The first-order chi connectivity index (χ1) is 8.56. The smallest absolute Gasteiger partial charge is 0.333 e. The average molecular weight is 254 g/mol. The highest BCUT2D eigenvalue weighted by molar-refractivity contribution is 5.88. The average Bonchev–Trinajstić information content (AvgIpc) is 2.75. The first-order valence-electron chi connectivity index (χ1n) is 6.71. The molecule has 1 aliphatic heterocycles. The normalized spacial score (nSPS) is 21.6. The van der Waals surface area contributed by atoms with E-state index >= 15 is 0 Å². The monoisotopic (exact) mass is 254 g/mol. The van der Waals surface area contributed by atoms with Gasteiger partial charge >= 0.3 is 5.97 Å². The van der Waals surface area contributed by atoms with E-state index in [0.29, 0.717) is 0 Å². The molecule has 18 heavy (non-hydrogen) atoms. The standard InChI is InChI=1S/C14H26N2O2/c1-5-13(14(17)18-4)7-9-16(3)11-12-6-8-15(2)10-12/h7,12H,5-6,8-11H2,1-4H3. The Morgan fingerprint density at radius 1 is 1.56 bits per heavy atom. The van der Waals surface area contributed by atoms with Crippen molar-refractivity contribution in [1.82, 2.24) is 9.80 Å². The Morgan fingerprint density at radius 2 is 2.28 bits per heavy atom. The van der Waals surface area contributed by atoms with Crippen LogP contribution in [0.25, 0.3) is 0 Å². The molecule has 1 saturated heterocycles. The van der Waals surface area contributed by atoms with Crippen molar-refractivity contribution in [2.75, 3.05) is 47.4 Å². The molecular formula is C14H26N2O2. The van der Waals surface area contributed by atoms with Crippen molar-refractivity contribution in [2.24, 2.45) is 5.92 Å². The van der Waals surface area contributed by atoms with Gasteiger partial charge in [0.25, 0.3) is 0 Å². The van der Waals surface area contributed by atoms with Gasteiger partial charge in [0.1, 0.15) is 0 Å². The number of nitrogens with zero attached hydrogens (tertiary/aromatic N) is 2. The Labute approximate surface area is 111 Å². The molecule has 0 amide bonds. The summed E-state index contributed by atoms with van der Waals surface area (Å²) >= 11 is 0. The molecule has 1 aliphatic rings. The molecule has 1 heterocycles. The van der Waals surface area contributed by atoms with Gasteiger partial charge in [0.2, 0.25) is 0 Å².